The van der Waals surface area contributed by atoms with E-state index >= 15 is 0 Å². The minimum atomic E-state index is -0.0295. The van der Waals surface area contributed by atoms with E-state index in [0.717, 1.165) is 268 Å². The zero-order chi connectivity index (χ0) is 81.3. The van der Waals surface area contributed by atoms with Gasteiger partial charge in [-0.05, 0) is 172 Å². The summed E-state index contributed by atoms with van der Waals surface area (Å²) in [5.41, 5.74) is 12.4. The van der Waals surface area contributed by atoms with Crippen molar-refractivity contribution in [1.29, 1.82) is 0 Å². The summed E-state index contributed by atoms with van der Waals surface area (Å²) in [4.78, 5) is 59.5. The maximum atomic E-state index is 11.2. The van der Waals surface area contributed by atoms with Gasteiger partial charge in [0.15, 0.2) is 0 Å². The summed E-state index contributed by atoms with van der Waals surface area (Å²) < 4.78 is 27.5. The first-order valence-corrected chi connectivity index (χ1v) is 40.4. The zero-order valence-electron chi connectivity index (χ0n) is 66.3. The Hall–Kier alpha value is -10.4. The van der Waals surface area contributed by atoms with Gasteiger partial charge >= 0.3 is 0 Å². The molecule has 0 spiro atoms. The lowest BCUT2D eigenvalue weighted by Crippen LogP contribution is -2.37. The number of carbonyl (C=O) groups is 1. The van der Waals surface area contributed by atoms with E-state index < -0.39 is 0 Å². The van der Waals surface area contributed by atoms with E-state index in [9.17, 15) is 30.3 Å². The van der Waals surface area contributed by atoms with Crippen molar-refractivity contribution in [1.82, 2.24) is 78.2 Å². The van der Waals surface area contributed by atoms with Crippen LogP contribution < -0.4 is 21.3 Å². The van der Waals surface area contributed by atoms with Crippen LogP contribution >= 0.6 is 24.0 Å². The molecule has 0 amide bonds. The SMILES string of the molecule is Cl.O=Cc1ccc2nc(NCCCN3CCOCC3)n(Cc3ncccc3O)c2c1.OCc1ccc2c(c1)nc(NCCCN1CCOCC1)n2Cc1ncccc1O.OCc1ccc2nc(NCCCN3CCOCC3)[nH]c2c1.OCc1ccc2nc(NCCCN3CCOCC3)n(Cc3ncccc3O)c2c1.Oc1cccnc1CCl. The maximum Gasteiger partial charge on any atom is 0.204 e. The molecular formula is C84H108Cl2N20O12. The predicted molar refractivity (Wildman–Crippen MR) is 458 cm³/mol. The first-order chi connectivity index (χ1) is 57.4. The molecule has 32 nitrogen and oxygen atoms in total. The number of carbonyl (C=O) groups excluding carboxylic acids is 1. The second-order valence-electron chi connectivity index (χ2n) is 28.4. The molecule has 0 saturated carbocycles. The Bertz CT molecular complexity index is 5030. The second-order valence-corrected chi connectivity index (χ2v) is 28.7. The number of benzene rings is 4. The first kappa shape index (κ1) is 88.4. The number of rotatable bonds is 31. The molecule has 8 aromatic heterocycles. The van der Waals surface area contributed by atoms with Crippen LogP contribution in [0, 0.1) is 0 Å². The number of aromatic hydroxyl groups is 4. The highest BCUT2D eigenvalue weighted by molar-refractivity contribution is 6.17. The minimum Gasteiger partial charge on any atom is -0.506 e. The molecule has 34 heteroatoms. The Morgan fingerprint density at radius 3 is 1.15 bits per heavy atom. The van der Waals surface area contributed by atoms with Gasteiger partial charge < -0.3 is 94.6 Å². The molecule has 4 saturated heterocycles. The molecule has 4 aliphatic heterocycles. The number of aliphatic hydroxyl groups excluding tert-OH is 3. The summed E-state index contributed by atoms with van der Waals surface area (Å²) >= 11 is 5.41. The van der Waals surface area contributed by atoms with Crippen molar-refractivity contribution in [3.8, 4) is 23.0 Å². The van der Waals surface area contributed by atoms with Gasteiger partial charge in [-0.2, -0.15) is 0 Å². The van der Waals surface area contributed by atoms with Crippen LogP contribution in [0.4, 0.5) is 23.8 Å². The monoisotopic (exact) mass is 1660 g/mol. The third-order valence-corrected chi connectivity index (χ3v) is 20.6. The summed E-state index contributed by atoms with van der Waals surface area (Å²) in [6.07, 6.45) is 11.5. The highest BCUT2D eigenvalue weighted by Gasteiger charge is 2.21. The van der Waals surface area contributed by atoms with Crippen molar-refractivity contribution in [3.05, 3.63) is 191 Å². The topological polar surface area (TPSA) is 390 Å². The number of aromatic amines is 1. The van der Waals surface area contributed by atoms with Crippen LogP contribution in [0.1, 0.15) is 75.5 Å². The van der Waals surface area contributed by atoms with Gasteiger partial charge in [-0.15, -0.1) is 24.0 Å². The van der Waals surface area contributed by atoms with E-state index in [2.05, 4.69) is 70.8 Å². The van der Waals surface area contributed by atoms with Crippen LogP contribution in [-0.2, 0) is 64.3 Å². The van der Waals surface area contributed by atoms with Crippen LogP contribution in [0.5, 0.6) is 23.0 Å². The lowest BCUT2D eigenvalue weighted by molar-refractivity contribution is 0.0378. The summed E-state index contributed by atoms with van der Waals surface area (Å²) in [6.45, 7) is 23.1. The fourth-order valence-electron chi connectivity index (χ4n) is 13.8. The highest BCUT2D eigenvalue weighted by atomic mass is 35.5. The molecule has 4 fully saturated rings. The number of nitrogens with one attached hydrogen (secondary N) is 5. The number of morpholine rings is 4. The third-order valence-electron chi connectivity index (χ3n) is 20.3. The van der Waals surface area contributed by atoms with Crippen molar-refractivity contribution < 1.29 is 59.5 Å². The lowest BCUT2D eigenvalue weighted by Gasteiger charge is -2.26. The number of hydrogen-bond donors (Lipinski definition) is 12. The molecule has 0 atom stereocenters. The van der Waals surface area contributed by atoms with Gasteiger partial charge in [0.25, 0.3) is 0 Å². The summed E-state index contributed by atoms with van der Waals surface area (Å²) in [5.74, 6) is 3.85. The van der Waals surface area contributed by atoms with Crippen molar-refractivity contribution in [3.63, 3.8) is 0 Å². The molecule has 12 N–H and O–H groups in total. The molecule has 0 aliphatic carbocycles. The molecule has 0 radical (unpaired) electrons. The fourth-order valence-corrected chi connectivity index (χ4v) is 14.0. The standard InChI is InChI=1S/2C21H27N5O3.C21H25N5O3.C15H22N4O2.C6H6ClNO.ClH/c27-15-16-4-5-19-17(13-16)24-21(23-7-2-8-25-9-11-29-12-10-25)26(19)14-18-20(28)3-1-6-22-18;2*27-15-16-4-5-17-19(13-16)26(14-18-20(28)3-1-6-22-18)21(24-17)23-7-2-8-25-9-11-29-12-10-25;20-11-12-2-3-13-14(10-12)18-15(17-13)16-4-1-5-19-6-8-21-9-7-19;7-4-5-6(9)2-1-3-8-5;/h2*1,3-6,13,27-28H,2,7-12,14-15H2,(H,23,24);1,3-6,13,15,28H,2,7-12,14H2,(H,23,24);2-3,10,20H,1,4-9,11H2,(H2,16,17,18);1-3,9H,4H2;1H. The summed E-state index contributed by atoms with van der Waals surface area (Å²) in [6, 6.07) is 35.8. The van der Waals surface area contributed by atoms with Crippen LogP contribution in [0.15, 0.2) is 146 Å². The number of ether oxygens (including phenoxy) is 4. The van der Waals surface area contributed by atoms with E-state index in [-0.39, 0.29) is 61.1 Å². The average molecular weight is 1660 g/mol. The van der Waals surface area contributed by atoms with E-state index in [1.807, 2.05) is 80.4 Å². The van der Waals surface area contributed by atoms with Gasteiger partial charge in [0.2, 0.25) is 23.8 Å². The number of pyridine rings is 4. The van der Waals surface area contributed by atoms with Crippen molar-refractivity contribution in [2.75, 3.05) is 179 Å². The van der Waals surface area contributed by atoms with Crippen molar-refractivity contribution in [2.45, 2.75) is 71.0 Å². The Morgan fingerprint density at radius 1 is 0.398 bits per heavy atom. The molecule has 4 aliphatic rings. The minimum absolute atomic E-state index is 0. The first-order valence-electron chi connectivity index (χ1n) is 39.9. The molecular weight excluding hydrogens is 1550 g/mol. The predicted octanol–water partition coefficient (Wildman–Crippen LogP) is 8.89. The Morgan fingerprint density at radius 2 is 0.754 bits per heavy atom. The van der Waals surface area contributed by atoms with Gasteiger partial charge in [0.1, 0.15) is 46.4 Å². The van der Waals surface area contributed by atoms with E-state index in [0.29, 0.717) is 53.9 Å². The molecule has 118 heavy (non-hydrogen) atoms. The number of halogens is 2. The number of anilines is 4. The van der Waals surface area contributed by atoms with Crippen LogP contribution in [0.25, 0.3) is 44.1 Å². The number of alkyl halides is 1. The van der Waals surface area contributed by atoms with E-state index in [1.165, 1.54) is 0 Å². The van der Waals surface area contributed by atoms with Gasteiger partial charge in [-0.3, -0.25) is 44.3 Å². The molecule has 4 aromatic carbocycles. The highest BCUT2D eigenvalue weighted by Crippen LogP contribution is 2.29. The summed E-state index contributed by atoms with van der Waals surface area (Å²) in [5, 5.41) is 81.1. The number of aromatic nitrogens is 12. The number of fused-ring (bicyclic) bond motifs is 4. The van der Waals surface area contributed by atoms with Gasteiger partial charge in [-0.1, -0.05) is 18.2 Å². The van der Waals surface area contributed by atoms with Gasteiger partial charge in [-0.25, -0.2) is 19.9 Å². The number of imidazole rings is 4. The Kier molecular flexibility index (Phi) is 34.9. The number of H-pyrrole nitrogens is 1. The quantitative estimate of drug-likeness (QED) is 0.0110. The third kappa shape index (κ3) is 25.8. The Labute approximate surface area is 696 Å². The molecule has 12 heterocycles. The molecule has 630 valence electrons. The average Bonchev–Trinajstić information content (AvgIpc) is 1.65. The Balaban J connectivity index is 0.000000149. The van der Waals surface area contributed by atoms with Crippen LogP contribution in [-0.4, -0.2) is 278 Å². The normalized spacial score (nSPS) is 14.7. The van der Waals surface area contributed by atoms with Crippen LogP contribution in [0.2, 0.25) is 0 Å². The second kappa shape index (κ2) is 46.6. The molecule has 0 unspecified atom stereocenters. The molecule has 12 aromatic rings. The maximum absolute atomic E-state index is 11.2. The van der Waals surface area contributed by atoms with Crippen molar-refractivity contribution in [2.24, 2.45) is 0 Å². The van der Waals surface area contributed by atoms with E-state index in [1.54, 1.807) is 79.4 Å². The summed E-state index contributed by atoms with van der Waals surface area (Å²) in [7, 11) is 0. The molecule has 16 rings (SSSR count). The smallest absolute Gasteiger partial charge is 0.204 e. The number of nitrogens with zero attached hydrogens (tertiary/aromatic N) is 15. The van der Waals surface area contributed by atoms with Gasteiger partial charge in [0, 0.05) is 109 Å². The van der Waals surface area contributed by atoms with Crippen LogP contribution in [0.3, 0.4) is 0 Å². The largest absolute Gasteiger partial charge is 0.506 e. The lowest BCUT2D eigenvalue weighted by atomic mass is 10.2. The molecule has 0 bridgehead atoms. The zero-order valence-corrected chi connectivity index (χ0v) is 67.9. The number of aliphatic hydroxyl groups is 3. The number of hydrogen-bond acceptors (Lipinski definition) is 28. The van der Waals surface area contributed by atoms with Crippen molar-refractivity contribution >= 4 is 98.2 Å². The van der Waals surface area contributed by atoms with Gasteiger partial charge in [0.05, 0.1) is 148 Å². The fraction of sp³-hybridized carbons (Fsp3) is 0.417. The van der Waals surface area contributed by atoms with E-state index in [4.69, 9.17) is 55.7 Å². The number of aldehydes is 1.